The number of aliphatic hydroxyl groups is 1. The summed E-state index contributed by atoms with van der Waals surface area (Å²) >= 11 is 11.3. The first-order valence-corrected chi connectivity index (χ1v) is 9.62. The van der Waals surface area contributed by atoms with Crippen molar-refractivity contribution in [2.45, 2.75) is 51.6 Å². The first-order chi connectivity index (χ1) is 12.0. The standard InChI is InChI=1S/C18H26ClN3O2S/c1-2-3-4-5-16(23)10-12-21-17(24)11-13-22(21)18(25)20-15-8-6-14(19)7-9-15/h6-9,16,23H,2-5,10-13H2,1H3,(H,20,25). The van der Waals surface area contributed by atoms with Gasteiger partial charge in [-0.1, -0.05) is 37.8 Å². The second-order valence-corrected chi connectivity index (χ2v) is 7.09. The molecule has 25 heavy (non-hydrogen) atoms. The molecule has 0 radical (unpaired) electrons. The van der Waals surface area contributed by atoms with Gasteiger partial charge in [-0.05, 0) is 49.3 Å². The molecule has 0 saturated carbocycles. The quantitative estimate of drug-likeness (QED) is 0.528. The van der Waals surface area contributed by atoms with E-state index >= 15 is 0 Å². The van der Waals surface area contributed by atoms with E-state index in [0.717, 1.165) is 31.4 Å². The number of carbonyl (C=O) groups is 1. The number of unbranched alkanes of at least 4 members (excludes halogenated alkanes) is 2. The zero-order valence-corrected chi connectivity index (χ0v) is 16.2. The van der Waals surface area contributed by atoms with Gasteiger partial charge in [-0.3, -0.25) is 14.8 Å². The lowest BCUT2D eigenvalue weighted by molar-refractivity contribution is -0.134. The summed E-state index contributed by atoms with van der Waals surface area (Å²) in [7, 11) is 0. The van der Waals surface area contributed by atoms with Crippen molar-refractivity contribution < 1.29 is 9.90 Å². The monoisotopic (exact) mass is 383 g/mol. The molecule has 2 rings (SSSR count). The Labute approximate surface area is 159 Å². The fourth-order valence-electron chi connectivity index (χ4n) is 2.81. The van der Waals surface area contributed by atoms with Gasteiger partial charge in [0, 0.05) is 23.7 Å². The molecule has 0 spiro atoms. The van der Waals surface area contributed by atoms with E-state index in [1.807, 2.05) is 12.1 Å². The van der Waals surface area contributed by atoms with E-state index in [4.69, 9.17) is 23.8 Å². The van der Waals surface area contributed by atoms with Gasteiger partial charge < -0.3 is 10.4 Å². The van der Waals surface area contributed by atoms with Crippen molar-refractivity contribution in [2.24, 2.45) is 0 Å². The SMILES string of the molecule is CCCCCC(O)CCN1C(=O)CCN1C(=S)Nc1ccc(Cl)cc1. The van der Waals surface area contributed by atoms with E-state index in [2.05, 4.69) is 12.2 Å². The summed E-state index contributed by atoms with van der Waals surface area (Å²) in [6.45, 7) is 3.18. The Hall–Kier alpha value is -1.37. The van der Waals surface area contributed by atoms with Gasteiger partial charge >= 0.3 is 0 Å². The molecule has 0 aromatic heterocycles. The van der Waals surface area contributed by atoms with Crippen LogP contribution < -0.4 is 5.32 Å². The zero-order chi connectivity index (χ0) is 18.2. The second kappa shape index (κ2) is 9.94. The maximum atomic E-state index is 12.2. The number of hydrazine groups is 1. The molecule has 5 nitrogen and oxygen atoms in total. The molecule has 1 amide bonds. The van der Waals surface area contributed by atoms with Crippen LogP contribution in [0.25, 0.3) is 0 Å². The average Bonchev–Trinajstić information content (AvgIpc) is 2.96. The van der Waals surface area contributed by atoms with Crippen molar-refractivity contribution in [1.82, 2.24) is 10.0 Å². The molecule has 138 valence electrons. The van der Waals surface area contributed by atoms with Crippen molar-refractivity contribution in [2.75, 3.05) is 18.4 Å². The number of halogens is 1. The van der Waals surface area contributed by atoms with E-state index in [9.17, 15) is 9.90 Å². The van der Waals surface area contributed by atoms with Gasteiger partial charge in [0.2, 0.25) is 5.91 Å². The van der Waals surface area contributed by atoms with Crippen LogP contribution >= 0.6 is 23.8 Å². The highest BCUT2D eigenvalue weighted by Crippen LogP contribution is 2.18. The molecule has 1 aromatic carbocycles. The number of amides is 1. The molecule has 1 unspecified atom stereocenters. The lowest BCUT2D eigenvalue weighted by atomic mass is 10.1. The second-order valence-electron chi connectivity index (χ2n) is 6.27. The van der Waals surface area contributed by atoms with Crippen LogP contribution in [0.15, 0.2) is 24.3 Å². The minimum absolute atomic E-state index is 0.0426. The van der Waals surface area contributed by atoms with Gasteiger partial charge in [0.1, 0.15) is 0 Å². The number of hydrogen-bond donors (Lipinski definition) is 2. The summed E-state index contributed by atoms with van der Waals surface area (Å²) in [5, 5.41) is 17.8. The molecule has 0 bridgehead atoms. The number of rotatable bonds is 8. The number of nitrogens with zero attached hydrogens (tertiary/aromatic N) is 2. The van der Waals surface area contributed by atoms with Gasteiger partial charge in [0.15, 0.2) is 5.11 Å². The highest BCUT2D eigenvalue weighted by Gasteiger charge is 2.30. The number of hydrogen-bond acceptors (Lipinski definition) is 3. The van der Waals surface area contributed by atoms with Crippen LogP contribution in [0.4, 0.5) is 5.69 Å². The molecule has 1 aliphatic rings. The predicted molar refractivity (Wildman–Crippen MR) is 105 cm³/mol. The topological polar surface area (TPSA) is 55.8 Å². The van der Waals surface area contributed by atoms with Crippen LogP contribution in [0.2, 0.25) is 5.02 Å². The van der Waals surface area contributed by atoms with Crippen LogP contribution in [-0.4, -0.2) is 45.3 Å². The van der Waals surface area contributed by atoms with Crippen LogP contribution in [0, 0.1) is 0 Å². The minimum atomic E-state index is -0.375. The highest BCUT2D eigenvalue weighted by molar-refractivity contribution is 7.80. The lowest BCUT2D eigenvalue weighted by Crippen LogP contribution is -2.46. The molecule has 0 aliphatic carbocycles. The molecule has 1 atom stereocenters. The molecule has 1 heterocycles. The normalized spacial score (nSPS) is 15.6. The number of nitrogens with one attached hydrogen (secondary N) is 1. The van der Waals surface area contributed by atoms with Crippen molar-refractivity contribution in [3.8, 4) is 0 Å². The Kier molecular flexibility index (Phi) is 7.93. The fourth-order valence-corrected chi connectivity index (χ4v) is 3.24. The van der Waals surface area contributed by atoms with Crippen LogP contribution in [-0.2, 0) is 4.79 Å². The largest absolute Gasteiger partial charge is 0.393 e. The molecular formula is C18H26ClN3O2S. The van der Waals surface area contributed by atoms with Crippen LogP contribution in [0.3, 0.4) is 0 Å². The molecule has 1 fully saturated rings. The molecule has 7 heteroatoms. The number of aliphatic hydroxyl groups excluding tert-OH is 1. The fraction of sp³-hybridized carbons (Fsp3) is 0.556. The van der Waals surface area contributed by atoms with E-state index in [1.165, 1.54) is 0 Å². The summed E-state index contributed by atoms with van der Waals surface area (Å²) in [6.07, 6.45) is 4.69. The number of anilines is 1. The zero-order valence-electron chi connectivity index (χ0n) is 14.6. The average molecular weight is 384 g/mol. The maximum Gasteiger partial charge on any atom is 0.243 e. The van der Waals surface area contributed by atoms with Gasteiger partial charge in [-0.2, -0.15) is 0 Å². The van der Waals surface area contributed by atoms with Crippen LogP contribution in [0.5, 0.6) is 0 Å². The first-order valence-electron chi connectivity index (χ1n) is 8.83. The molecule has 1 saturated heterocycles. The van der Waals surface area contributed by atoms with Gasteiger partial charge in [-0.15, -0.1) is 0 Å². The van der Waals surface area contributed by atoms with E-state index in [0.29, 0.717) is 36.1 Å². The maximum absolute atomic E-state index is 12.2. The third kappa shape index (κ3) is 6.13. The Morgan fingerprint density at radius 3 is 2.72 bits per heavy atom. The molecular weight excluding hydrogens is 358 g/mol. The van der Waals surface area contributed by atoms with Crippen molar-refractivity contribution >= 4 is 40.5 Å². The number of carbonyl (C=O) groups excluding carboxylic acids is 1. The Morgan fingerprint density at radius 2 is 2.04 bits per heavy atom. The smallest absolute Gasteiger partial charge is 0.243 e. The Morgan fingerprint density at radius 1 is 1.32 bits per heavy atom. The summed E-state index contributed by atoms with van der Waals surface area (Å²) in [6, 6.07) is 7.25. The van der Waals surface area contributed by atoms with Crippen molar-refractivity contribution in [3.63, 3.8) is 0 Å². The van der Waals surface area contributed by atoms with Gasteiger partial charge in [-0.25, -0.2) is 0 Å². The van der Waals surface area contributed by atoms with Gasteiger partial charge in [0.25, 0.3) is 0 Å². The summed E-state index contributed by atoms with van der Waals surface area (Å²) in [4.78, 5) is 12.2. The number of thiocarbonyl (C=S) groups is 1. The van der Waals surface area contributed by atoms with Crippen molar-refractivity contribution in [3.05, 3.63) is 29.3 Å². The molecule has 1 aliphatic heterocycles. The Bertz CT molecular complexity index is 582. The molecule has 2 N–H and O–H groups in total. The van der Waals surface area contributed by atoms with Crippen molar-refractivity contribution in [1.29, 1.82) is 0 Å². The van der Waals surface area contributed by atoms with Crippen LogP contribution in [0.1, 0.15) is 45.4 Å². The minimum Gasteiger partial charge on any atom is -0.393 e. The Balaban J connectivity index is 1.87. The summed E-state index contributed by atoms with van der Waals surface area (Å²) < 4.78 is 0. The summed E-state index contributed by atoms with van der Waals surface area (Å²) in [5.74, 6) is 0.0426. The predicted octanol–water partition coefficient (Wildman–Crippen LogP) is 3.82. The van der Waals surface area contributed by atoms with E-state index in [1.54, 1.807) is 22.2 Å². The highest BCUT2D eigenvalue weighted by atomic mass is 35.5. The molecule has 1 aromatic rings. The third-order valence-corrected chi connectivity index (χ3v) is 4.83. The summed E-state index contributed by atoms with van der Waals surface area (Å²) in [5.41, 5.74) is 0.827. The lowest BCUT2D eigenvalue weighted by Gasteiger charge is -2.30. The first kappa shape index (κ1) is 19.9. The van der Waals surface area contributed by atoms with E-state index < -0.39 is 0 Å². The van der Waals surface area contributed by atoms with E-state index in [-0.39, 0.29) is 12.0 Å². The third-order valence-electron chi connectivity index (χ3n) is 4.26. The van der Waals surface area contributed by atoms with Gasteiger partial charge in [0.05, 0.1) is 12.6 Å². The number of benzene rings is 1.